The summed E-state index contributed by atoms with van der Waals surface area (Å²) in [5, 5.41) is 3.64. The SMILES string of the molecule is CCCNCC(C)(CCC)CN1CCN(C)CC1C. The van der Waals surface area contributed by atoms with E-state index >= 15 is 0 Å². The molecule has 114 valence electrons. The third-order valence-corrected chi connectivity index (χ3v) is 4.39. The Bertz CT molecular complexity index is 244. The fourth-order valence-electron chi connectivity index (χ4n) is 3.30. The monoisotopic (exact) mass is 269 g/mol. The van der Waals surface area contributed by atoms with Crippen molar-refractivity contribution in [1.29, 1.82) is 0 Å². The first kappa shape index (κ1) is 16.9. The van der Waals surface area contributed by atoms with Crippen LogP contribution in [0.15, 0.2) is 0 Å². The van der Waals surface area contributed by atoms with Gasteiger partial charge in [0.15, 0.2) is 0 Å². The van der Waals surface area contributed by atoms with E-state index in [1.807, 2.05) is 0 Å². The van der Waals surface area contributed by atoms with Gasteiger partial charge < -0.3 is 10.2 Å². The van der Waals surface area contributed by atoms with Crippen molar-refractivity contribution >= 4 is 0 Å². The Hall–Kier alpha value is -0.120. The minimum absolute atomic E-state index is 0.425. The van der Waals surface area contributed by atoms with Gasteiger partial charge in [0.2, 0.25) is 0 Å². The summed E-state index contributed by atoms with van der Waals surface area (Å²) in [7, 11) is 2.24. The molecule has 1 saturated heterocycles. The lowest BCUT2D eigenvalue weighted by molar-refractivity contribution is 0.0560. The minimum atomic E-state index is 0.425. The quantitative estimate of drug-likeness (QED) is 0.683. The van der Waals surface area contributed by atoms with Gasteiger partial charge in [-0.15, -0.1) is 0 Å². The maximum absolute atomic E-state index is 3.64. The summed E-state index contributed by atoms with van der Waals surface area (Å²) in [6.07, 6.45) is 3.84. The molecule has 0 bridgehead atoms. The summed E-state index contributed by atoms with van der Waals surface area (Å²) in [5.74, 6) is 0. The van der Waals surface area contributed by atoms with Crippen molar-refractivity contribution in [3.8, 4) is 0 Å². The van der Waals surface area contributed by atoms with Crippen LogP contribution in [0.2, 0.25) is 0 Å². The van der Waals surface area contributed by atoms with E-state index in [4.69, 9.17) is 0 Å². The predicted octanol–water partition coefficient (Wildman–Crippen LogP) is 2.43. The van der Waals surface area contributed by atoms with Gasteiger partial charge in [-0.05, 0) is 38.8 Å². The molecule has 1 aliphatic heterocycles. The van der Waals surface area contributed by atoms with Gasteiger partial charge in [0.1, 0.15) is 0 Å². The molecule has 1 heterocycles. The van der Waals surface area contributed by atoms with Gasteiger partial charge in [-0.25, -0.2) is 0 Å². The first-order valence-electron chi connectivity index (χ1n) is 8.14. The summed E-state index contributed by atoms with van der Waals surface area (Å²) in [4.78, 5) is 5.15. The Morgan fingerprint density at radius 2 is 1.95 bits per heavy atom. The van der Waals surface area contributed by atoms with Gasteiger partial charge in [-0.1, -0.05) is 27.2 Å². The van der Waals surface area contributed by atoms with Gasteiger partial charge in [0.05, 0.1) is 0 Å². The van der Waals surface area contributed by atoms with Crippen molar-refractivity contribution < 1.29 is 0 Å². The Morgan fingerprint density at radius 1 is 1.21 bits per heavy atom. The molecular weight excluding hydrogens is 234 g/mol. The molecule has 1 rings (SSSR count). The maximum Gasteiger partial charge on any atom is 0.0195 e. The van der Waals surface area contributed by atoms with E-state index in [1.54, 1.807) is 0 Å². The molecule has 0 spiro atoms. The second kappa shape index (κ2) is 8.23. The first-order valence-corrected chi connectivity index (χ1v) is 8.14. The molecule has 0 aromatic rings. The highest BCUT2D eigenvalue weighted by Gasteiger charge is 2.30. The van der Waals surface area contributed by atoms with Crippen LogP contribution in [0.3, 0.4) is 0 Å². The van der Waals surface area contributed by atoms with E-state index in [-0.39, 0.29) is 0 Å². The van der Waals surface area contributed by atoms with Crippen molar-refractivity contribution in [3.05, 3.63) is 0 Å². The Balaban J connectivity index is 2.51. The predicted molar refractivity (Wildman–Crippen MR) is 84.7 cm³/mol. The fourth-order valence-corrected chi connectivity index (χ4v) is 3.30. The molecular formula is C16H35N3. The van der Waals surface area contributed by atoms with Gasteiger partial charge in [-0.2, -0.15) is 0 Å². The Morgan fingerprint density at radius 3 is 2.53 bits per heavy atom. The largest absolute Gasteiger partial charge is 0.316 e. The standard InChI is InChI=1S/C16H35N3/c1-6-8-16(4,13-17-9-7-2)14-19-11-10-18(5)12-15(19)3/h15,17H,6-14H2,1-5H3. The molecule has 3 heteroatoms. The van der Waals surface area contributed by atoms with Crippen LogP contribution in [0.25, 0.3) is 0 Å². The highest BCUT2D eigenvalue weighted by molar-refractivity contribution is 4.86. The molecule has 3 nitrogen and oxygen atoms in total. The van der Waals surface area contributed by atoms with Crippen LogP contribution in [0.5, 0.6) is 0 Å². The van der Waals surface area contributed by atoms with Crippen molar-refractivity contribution in [3.63, 3.8) is 0 Å². The molecule has 2 atom stereocenters. The van der Waals surface area contributed by atoms with Gasteiger partial charge in [0.25, 0.3) is 0 Å². The molecule has 1 aliphatic rings. The third kappa shape index (κ3) is 5.80. The van der Waals surface area contributed by atoms with E-state index in [0.29, 0.717) is 11.5 Å². The van der Waals surface area contributed by atoms with Crippen LogP contribution in [0, 0.1) is 5.41 Å². The number of rotatable bonds is 8. The molecule has 0 saturated carbocycles. The van der Waals surface area contributed by atoms with Crippen molar-refractivity contribution in [1.82, 2.24) is 15.1 Å². The van der Waals surface area contributed by atoms with E-state index < -0.39 is 0 Å². The van der Waals surface area contributed by atoms with Crippen molar-refractivity contribution in [2.45, 2.75) is 53.0 Å². The van der Waals surface area contributed by atoms with Crippen LogP contribution < -0.4 is 5.32 Å². The molecule has 0 aromatic heterocycles. The molecule has 2 unspecified atom stereocenters. The highest BCUT2D eigenvalue weighted by atomic mass is 15.3. The van der Waals surface area contributed by atoms with Gasteiger partial charge >= 0.3 is 0 Å². The van der Waals surface area contributed by atoms with Crippen LogP contribution in [0.1, 0.15) is 47.0 Å². The molecule has 1 N–H and O–H groups in total. The van der Waals surface area contributed by atoms with Crippen LogP contribution in [-0.4, -0.2) is 62.2 Å². The van der Waals surface area contributed by atoms with Crippen LogP contribution >= 0.6 is 0 Å². The van der Waals surface area contributed by atoms with E-state index in [1.165, 1.54) is 45.4 Å². The summed E-state index contributed by atoms with van der Waals surface area (Å²) in [6, 6.07) is 0.695. The minimum Gasteiger partial charge on any atom is -0.316 e. The first-order chi connectivity index (χ1) is 9.00. The normalized spacial score (nSPS) is 25.4. The second-order valence-electron chi connectivity index (χ2n) is 6.82. The number of hydrogen-bond acceptors (Lipinski definition) is 3. The van der Waals surface area contributed by atoms with Crippen molar-refractivity contribution in [2.75, 3.05) is 46.3 Å². The lowest BCUT2D eigenvalue weighted by Crippen LogP contribution is -2.54. The molecule has 19 heavy (non-hydrogen) atoms. The highest BCUT2D eigenvalue weighted by Crippen LogP contribution is 2.26. The van der Waals surface area contributed by atoms with E-state index in [2.05, 4.69) is 49.9 Å². The zero-order valence-electron chi connectivity index (χ0n) is 13.8. The molecule has 0 aromatic carbocycles. The van der Waals surface area contributed by atoms with Gasteiger partial charge in [-0.3, -0.25) is 4.90 Å². The number of nitrogens with zero attached hydrogens (tertiary/aromatic N) is 2. The maximum atomic E-state index is 3.64. The number of piperazine rings is 1. The van der Waals surface area contributed by atoms with Crippen LogP contribution in [0.4, 0.5) is 0 Å². The average molecular weight is 269 g/mol. The molecule has 0 aliphatic carbocycles. The summed E-state index contributed by atoms with van der Waals surface area (Å²) in [6.45, 7) is 16.6. The summed E-state index contributed by atoms with van der Waals surface area (Å²) < 4.78 is 0. The number of likely N-dealkylation sites (N-methyl/N-ethyl adjacent to an activating group) is 1. The summed E-state index contributed by atoms with van der Waals surface area (Å²) in [5.41, 5.74) is 0.425. The molecule has 1 fully saturated rings. The zero-order chi connectivity index (χ0) is 14.3. The Labute approximate surface area is 120 Å². The number of nitrogens with one attached hydrogen (secondary N) is 1. The van der Waals surface area contributed by atoms with Gasteiger partial charge in [0, 0.05) is 38.8 Å². The lowest BCUT2D eigenvalue weighted by atomic mass is 9.84. The fraction of sp³-hybridized carbons (Fsp3) is 1.00. The van der Waals surface area contributed by atoms with Crippen LogP contribution in [-0.2, 0) is 0 Å². The topological polar surface area (TPSA) is 18.5 Å². The average Bonchev–Trinajstić information content (AvgIpc) is 2.34. The second-order valence-corrected chi connectivity index (χ2v) is 6.82. The molecule has 0 amide bonds. The zero-order valence-corrected chi connectivity index (χ0v) is 13.8. The summed E-state index contributed by atoms with van der Waals surface area (Å²) >= 11 is 0. The third-order valence-electron chi connectivity index (χ3n) is 4.39. The van der Waals surface area contributed by atoms with E-state index in [0.717, 1.165) is 13.1 Å². The lowest BCUT2D eigenvalue weighted by Gasteiger charge is -2.43. The van der Waals surface area contributed by atoms with E-state index in [9.17, 15) is 0 Å². The Kier molecular flexibility index (Phi) is 7.33. The number of hydrogen-bond donors (Lipinski definition) is 1. The molecule has 0 radical (unpaired) electrons. The smallest absolute Gasteiger partial charge is 0.0195 e. The van der Waals surface area contributed by atoms with Crippen molar-refractivity contribution in [2.24, 2.45) is 5.41 Å².